The fourth-order valence-electron chi connectivity index (χ4n) is 3.12. The van der Waals surface area contributed by atoms with Gasteiger partial charge in [-0.3, -0.25) is 4.79 Å². The Hall–Kier alpha value is -3.11. The molecule has 3 aromatic carbocycles. The Morgan fingerprint density at radius 2 is 1.54 bits per heavy atom. The van der Waals surface area contributed by atoms with Gasteiger partial charge in [0.25, 0.3) is 0 Å². The second kappa shape index (κ2) is 9.72. The molecule has 4 nitrogen and oxygen atoms in total. The van der Waals surface area contributed by atoms with Gasteiger partial charge >= 0.3 is 5.97 Å². The molecule has 0 saturated carbocycles. The van der Waals surface area contributed by atoms with E-state index in [1.165, 1.54) is 12.7 Å². The van der Waals surface area contributed by atoms with Gasteiger partial charge in [0, 0.05) is 19.5 Å². The average molecular weight is 375 g/mol. The minimum Gasteiger partial charge on any atom is -0.508 e. The fraction of sp³-hybridized carbons (Fsp3) is 0.208. The first-order chi connectivity index (χ1) is 13.6. The number of hydrogen-bond acceptors (Lipinski definition) is 4. The van der Waals surface area contributed by atoms with E-state index in [1.807, 2.05) is 60.7 Å². The average Bonchev–Trinajstić information content (AvgIpc) is 2.71. The molecule has 2 N–H and O–H groups in total. The van der Waals surface area contributed by atoms with Crippen LogP contribution in [0.5, 0.6) is 5.75 Å². The Morgan fingerprint density at radius 1 is 0.857 bits per heavy atom. The standard InChI is InChI=1S/C24H25NO3/c1-28-24(27)15-19-8-5-9-20(12-19)16-25-17-21-10-11-22(23(26)14-21)13-18-6-3-2-4-7-18/h2-12,14,25-26H,13,15-17H2,1H3. The lowest BCUT2D eigenvalue weighted by molar-refractivity contribution is -0.139. The number of carbonyl (C=O) groups excluding carboxylic acids is 1. The first-order valence-electron chi connectivity index (χ1n) is 9.34. The van der Waals surface area contributed by atoms with Crippen LogP contribution in [-0.2, 0) is 35.5 Å². The van der Waals surface area contributed by atoms with Gasteiger partial charge < -0.3 is 15.2 Å². The summed E-state index contributed by atoms with van der Waals surface area (Å²) in [6.45, 7) is 1.34. The van der Waals surface area contributed by atoms with Crippen molar-refractivity contribution in [2.75, 3.05) is 7.11 Å². The molecule has 0 aliphatic carbocycles. The molecule has 0 amide bonds. The number of carbonyl (C=O) groups is 1. The van der Waals surface area contributed by atoms with Gasteiger partial charge in [-0.15, -0.1) is 0 Å². The van der Waals surface area contributed by atoms with Crippen LogP contribution in [0.4, 0.5) is 0 Å². The van der Waals surface area contributed by atoms with Crippen molar-refractivity contribution in [2.45, 2.75) is 25.9 Å². The van der Waals surface area contributed by atoms with Gasteiger partial charge in [-0.05, 0) is 33.9 Å². The molecule has 0 heterocycles. The zero-order valence-corrected chi connectivity index (χ0v) is 16.0. The summed E-state index contributed by atoms with van der Waals surface area (Å²) in [6.07, 6.45) is 0.995. The van der Waals surface area contributed by atoms with Crippen molar-refractivity contribution in [3.63, 3.8) is 0 Å². The van der Waals surface area contributed by atoms with E-state index in [1.54, 1.807) is 0 Å². The molecule has 0 aromatic heterocycles. The molecule has 144 valence electrons. The molecule has 3 rings (SSSR count). The molecule has 0 aliphatic rings. The SMILES string of the molecule is COC(=O)Cc1cccc(CNCc2ccc(Cc3ccccc3)c(O)c2)c1. The summed E-state index contributed by atoms with van der Waals surface area (Å²) < 4.78 is 4.71. The van der Waals surface area contributed by atoms with Crippen molar-refractivity contribution in [1.29, 1.82) is 0 Å². The van der Waals surface area contributed by atoms with E-state index < -0.39 is 0 Å². The Bertz CT molecular complexity index is 922. The highest BCUT2D eigenvalue weighted by Crippen LogP contribution is 2.22. The third kappa shape index (κ3) is 5.69. The fourth-order valence-corrected chi connectivity index (χ4v) is 3.12. The van der Waals surface area contributed by atoms with Crippen LogP contribution in [-0.4, -0.2) is 18.2 Å². The molecule has 0 spiro atoms. The Kier molecular flexibility index (Phi) is 6.82. The van der Waals surface area contributed by atoms with Crippen molar-refractivity contribution in [1.82, 2.24) is 5.32 Å². The van der Waals surface area contributed by atoms with Gasteiger partial charge in [-0.25, -0.2) is 0 Å². The number of esters is 1. The Balaban J connectivity index is 1.54. The summed E-state index contributed by atoms with van der Waals surface area (Å²) in [7, 11) is 1.40. The van der Waals surface area contributed by atoms with Gasteiger partial charge in [0.1, 0.15) is 5.75 Å². The number of phenols is 1. The van der Waals surface area contributed by atoms with E-state index >= 15 is 0 Å². The highest BCUT2D eigenvalue weighted by atomic mass is 16.5. The lowest BCUT2D eigenvalue weighted by Crippen LogP contribution is -2.13. The van der Waals surface area contributed by atoms with Crippen LogP contribution < -0.4 is 5.32 Å². The molecule has 0 aliphatic heterocycles. The molecule has 3 aromatic rings. The largest absolute Gasteiger partial charge is 0.508 e. The molecular formula is C24H25NO3. The predicted octanol–water partition coefficient (Wildman–Crippen LogP) is 3.99. The van der Waals surface area contributed by atoms with E-state index in [-0.39, 0.29) is 12.4 Å². The molecule has 0 bridgehead atoms. The van der Waals surface area contributed by atoms with Crippen LogP contribution >= 0.6 is 0 Å². The Morgan fingerprint density at radius 3 is 2.25 bits per heavy atom. The lowest BCUT2D eigenvalue weighted by Gasteiger charge is -2.10. The van der Waals surface area contributed by atoms with Gasteiger partial charge in [-0.2, -0.15) is 0 Å². The number of aromatic hydroxyl groups is 1. The maximum atomic E-state index is 11.4. The zero-order chi connectivity index (χ0) is 19.8. The number of hydrogen-bond donors (Lipinski definition) is 2. The molecule has 28 heavy (non-hydrogen) atoms. The monoisotopic (exact) mass is 375 g/mol. The van der Waals surface area contributed by atoms with Crippen LogP contribution in [0, 0.1) is 0 Å². The molecule has 0 atom stereocenters. The first-order valence-corrected chi connectivity index (χ1v) is 9.34. The van der Waals surface area contributed by atoms with Crippen molar-refractivity contribution in [2.24, 2.45) is 0 Å². The highest BCUT2D eigenvalue weighted by molar-refractivity contribution is 5.72. The molecule has 0 unspecified atom stereocenters. The van der Waals surface area contributed by atoms with Gasteiger partial charge in [0.05, 0.1) is 13.5 Å². The van der Waals surface area contributed by atoms with Gasteiger partial charge in [0.2, 0.25) is 0 Å². The summed E-state index contributed by atoms with van der Waals surface area (Å²) in [5.41, 5.74) is 5.17. The second-order valence-corrected chi connectivity index (χ2v) is 6.80. The van der Waals surface area contributed by atoms with E-state index in [0.717, 1.165) is 22.3 Å². The second-order valence-electron chi connectivity index (χ2n) is 6.80. The first kappa shape index (κ1) is 19.6. The topological polar surface area (TPSA) is 58.6 Å². The maximum absolute atomic E-state index is 11.4. The van der Waals surface area contributed by atoms with Crippen LogP contribution in [0.25, 0.3) is 0 Å². The van der Waals surface area contributed by atoms with Crippen LogP contribution in [0.1, 0.15) is 27.8 Å². The minimum absolute atomic E-state index is 0.240. The third-order valence-corrected chi connectivity index (χ3v) is 4.61. The quantitative estimate of drug-likeness (QED) is 0.585. The summed E-state index contributed by atoms with van der Waals surface area (Å²) >= 11 is 0. The van der Waals surface area contributed by atoms with Crippen molar-refractivity contribution in [3.8, 4) is 5.75 Å². The number of ether oxygens (including phenoxy) is 1. The summed E-state index contributed by atoms with van der Waals surface area (Å²) in [6, 6.07) is 23.8. The minimum atomic E-state index is -0.240. The maximum Gasteiger partial charge on any atom is 0.309 e. The van der Waals surface area contributed by atoms with Crippen molar-refractivity contribution < 1.29 is 14.6 Å². The molecule has 4 heteroatoms. The number of nitrogens with one attached hydrogen (secondary N) is 1. The third-order valence-electron chi connectivity index (χ3n) is 4.61. The lowest BCUT2D eigenvalue weighted by atomic mass is 10.0. The van der Waals surface area contributed by atoms with Gasteiger partial charge in [0.15, 0.2) is 0 Å². The van der Waals surface area contributed by atoms with Crippen LogP contribution in [0.3, 0.4) is 0 Å². The van der Waals surface area contributed by atoms with E-state index in [4.69, 9.17) is 4.74 Å². The summed E-state index contributed by atoms with van der Waals surface area (Å²) in [5.74, 6) is 0.0828. The number of phenolic OH excluding ortho intramolecular Hbond substituents is 1. The summed E-state index contributed by atoms with van der Waals surface area (Å²) in [5, 5.41) is 13.7. The van der Waals surface area contributed by atoms with Crippen LogP contribution in [0.15, 0.2) is 72.8 Å². The van der Waals surface area contributed by atoms with Gasteiger partial charge in [-0.1, -0.05) is 66.7 Å². The number of rotatable bonds is 8. The Labute approximate surface area is 165 Å². The number of benzene rings is 3. The number of methoxy groups -OCH3 is 1. The van der Waals surface area contributed by atoms with Crippen molar-refractivity contribution >= 4 is 5.97 Å². The normalized spacial score (nSPS) is 10.6. The molecule has 0 fully saturated rings. The van der Waals surface area contributed by atoms with E-state index in [9.17, 15) is 9.90 Å². The van der Waals surface area contributed by atoms with Crippen LogP contribution in [0.2, 0.25) is 0 Å². The highest BCUT2D eigenvalue weighted by Gasteiger charge is 2.06. The van der Waals surface area contributed by atoms with Crippen molar-refractivity contribution in [3.05, 3.63) is 101 Å². The molecular weight excluding hydrogens is 350 g/mol. The van der Waals surface area contributed by atoms with E-state index in [0.29, 0.717) is 25.3 Å². The molecule has 0 saturated heterocycles. The smallest absolute Gasteiger partial charge is 0.309 e. The van der Waals surface area contributed by atoms with E-state index in [2.05, 4.69) is 17.4 Å². The summed E-state index contributed by atoms with van der Waals surface area (Å²) in [4.78, 5) is 11.4. The molecule has 0 radical (unpaired) electrons. The zero-order valence-electron chi connectivity index (χ0n) is 16.0. The predicted molar refractivity (Wildman–Crippen MR) is 110 cm³/mol.